The highest BCUT2D eigenvalue weighted by molar-refractivity contribution is 7.92. The Balaban J connectivity index is 1.61. The molecular formula is C18H21N3O5S. The Morgan fingerprint density at radius 1 is 1.22 bits per heavy atom. The minimum Gasteiger partial charge on any atom is -0.476 e. The van der Waals surface area contributed by atoms with Crippen LogP contribution in [0, 0.1) is 0 Å². The maximum absolute atomic E-state index is 12.2. The van der Waals surface area contributed by atoms with Gasteiger partial charge in [0, 0.05) is 12.7 Å². The third kappa shape index (κ3) is 4.73. The summed E-state index contributed by atoms with van der Waals surface area (Å²) in [6.45, 7) is 0.180. The lowest BCUT2D eigenvalue weighted by atomic mass is 10.2. The number of hydrogen-bond acceptors (Lipinski definition) is 5. The maximum Gasteiger partial charge on any atom is 0.356 e. The number of nitrogens with zero attached hydrogens (tertiary/aromatic N) is 2. The third-order valence-corrected chi connectivity index (χ3v) is 6.77. The standard InChI is InChI=1S/C18H21N3O5S/c22-17(12-27(25,26)15-6-1-2-7-15)19-11-13-4-3-5-14(10-13)21-9-8-16(20-21)18(23)24/h3-5,8-10,15H,1-2,6-7,11-12H2,(H,19,22)(H,23,24). The summed E-state index contributed by atoms with van der Waals surface area (Å²) in [4.78, 5) is 23.0. The second kappa shape index (κ2) is 7.91. The van der Waals surface area contributed by atoms with Crippen LogP contribution < -0.4 is 5.32 Å². The van der Waals surface area contributed by atoms with Crippen molar-refractivity contribution < 1.29 is 23.1 Å². The van der Waals surface area contributed by atoms with Gasteiger partial charge in [-0.05, 0) is 36.6 Å². The Morgan fingerprint density at radius 3 is 2.63 bits per heavy atom. The first-order valence-corrected chi connectivity index (χ1v) is 10.4. The molecule has 1 aliphatic rings. The normalized spacial score (nSPS) is 15.0. The Bertz CT molecular complexity index is 945. The molecule has 1 saturated carbocycles. The van der Waals surface area contributed by atoms with E-state index in [1.807, 2.05) is 0 Å². The van der Waals surface area contributed by atoms with Crippen LogP contribution in [0.4, 0.5) is 0 Å². The van der Waals surface area contributed by atoms with Crippen LogP contribution in [0.2, 0.25) is 0 Å². The summed E-state index contributed by atoms with van der Waals surface area (Å²) >= 11 is 0. The molecule has 0 atom stereocenters. The highest BCUT2D eigenvalue weighted by Gasteiger charge is 2.30. The van der Waals surface area contributed by atoms with Crippen molar-refractivity contribution in [3.8, 4) is 5.69 Å². The second-order valence-corrected chi connectivity index (χ2v) is 8.89. The van der Waals surface area contributed by atoms with Gasteiger partial charge in [-0.3, -0.25) is 4.79 Å². The molecular weight excluding hydrogens is 370 g/mol. The molecule has 0 spiro atoms. The molecule has 1 heterocycles. The number of amides is 1. The van der Waals surface area contributed by atoms with E-state index in [4.69, 9.17) is 5.11 Å². The summed E-state index contributed by atoms with van der Waals surface area (Å²) in [5.41, 5.74) is 1.34. The zero-order valence-electron chi connectivity index (χ0n) is 14.7. The number of carboxylic acid groups (broad SMARTS) is 1. The minimum absolute atomic E-state index is 0.0641. The molecule has 1 amide bonds. The van der Waals surface area contributed by atoms with Gasteiger partial charge >= 0.3 is 5.97 Å². The van der Waals surface area contributed by atoms with Gasteiger partial charge in [0.05, 0.1) is 10.9 Å². The zero-order chi connectivity index (χ0) is 19.4. The van der Waals surface area contributed by atoms with Gasteiger partial charge in [-0.2, -0.15) is 5.10 Å². The van der Waals surface area contributed by atoms with E-state index < -0.39 is 32.7 Å². The molecule has 0 saturated heterocycles. The van der Waals surface area contributed by atoms with Gasteiger partial charge in [0.25, 0.3) is 0 Å². The number of aromatic carboxylic acids is 1. The summed E-state index contributed by atoms with van der Waals surface area (Å²) in [5.74, 6) is -2.11. The first-order chi connectivity index (χ1) is 12.8. The van der Waals surface area contributed by atoms with E-state index in [0.29, 0.717) is 18.5 Å². The molecule has 2 N–H and O–H groups in total. The number of carboxylic acids is 1. The zero-order valence-corrected chi connectivity index (χ0v) is 15.5. The minimum atomic E-state index is -3.40. The molecule has 3 rings (SSSR count). The third-order valence-electron chi connectivity index (χ3n) is 4.62. The van der Waals surface area contributed by atoms with Gasteiger partial charge in [0.1, 0.15) is 5.75 Å². The first kappa shape index (κ1) is 19.1. The summed E-state index contributed by atoms with van der Waals surface area (Å²) in [7, 11) is -3.40. The van der Waals surface area contributed by atoms with Gasteiger partial charge in [-0.1, -0.05) is 25.0 Å². The average molecular weight is 391 g/mol. The molecule has 2 aromatic rings. The molecule has 1 fully saturated rings. The van der Waals surface area contributed by atoms with Crippen LogP contribution in [0.15, 0.2) is 36.5 Å². The molecule has 0 aliphatic heterocycles. The van der Waals surface area contributed by atoms with E-state index in [1.54, 1.807) is 24.3 Å². The van der Waals surface area contributed by atoms with Crippen LogP contribution in [0.5, 0.6) is 0 Å². The number of benzene rings is 1. The van der Waals surface area contributed by atoms with Crippen LogP contribution >= 0.6 is 0 Å². The molecule has 1 aromatic carbocycles. The molecule has 0 radical (unpaired) electrons. The number of carbonyl (C=O) groups is 2. The molecule has 0 bridgehead atoms. The van der Waals surface area contributed by atoms with Crippen molar-refractivity contribution in [3.05, 3.63) is 47.8 Å². The number of carbonyl (C=O) groups excluding carboxylic acids is 1. The Hall–Kier alpha value is -2.68. The molecule has 0 unspecified atom stereocenters. The topological polar surface area (TPSA) is 118 Å². The van der Waals surface area contributed by atoms with Gasteiger partial charge in [0.15, 0.2) is 15.5 Å². The van der Waals surface area contributed by atoms with Crippen LogP contribution in [0.3, 0.4) is 0 Å². The Kier molecular flexibility index (Phi) is 5.59. The molecule has 9 heteroatoms. The van der Waals surface area contributed by atoms with Gasteiger partial charge < -0.3 is 10.4 Å². The molecule has 1 aromatic heterocycles. The van der Waals surface area contributed by atoms with Crippen LogP contribution in [0.1, 0.15) is 41.7 Å². The second-order valence-electron chi connectivity index (χ2n) is 6.61. The molecule has 27 heavy (non-hydrogen) atoms. The monoisotopic (exact) mass is 391 g/mol. The number of hydrogen-bond donors (Lipinski definition) is 2. The van der Waals surface area contributed by atoms with Crippen LogP contribution in [-0.2, 0) is 21.2 Å². The predicted molar refractivity (Wildman–Crippen MR) is 98.4 cm³/mol. The fourth-order valence-corrected chi connectivity index (χ4v) is 4.95. The van der Waals surface area contributed by atoms with Gasteiger partial charge in [-0.25, -0.2) is 17.9 Å². The van der Waals surface area contributed by atoms with Crippen molar-refractivity contribution in [2.24, 2.45) is 0 Å². The van der Waals surface area contributed by atoms with Crippen molar-refractivity contribution in [1.82, 2.24) is 15.1 Å². The first-order valence-electron chi connectivity index (χ1n) is 8.72. The Labute approximate surface area is 157 Å². The van der Waals surface area contributed by atoms with Crippen LogP contribution in [-0.4, -0.2) is 46.2 Å². The maximum atomic E-state index is 12.2. The fourth-order valence-electron chi connectivity index (χ4n) is 3.19. The number of nitrogens with one attached hydrogen (secondary N) is 1. The van der Waals surface area contributed by atoms with Crippen molar-refractivity contribution >= 4 is 21.7 Å². The number of rotatable bonds is 7. The quantitative estimate of drug-likeness (QED) is 0.739. The van der Waals surface area contributed by atoms with Crippen molar-refractivity contribution in [2.75, 3.05) is 5.75 Å². The summed E-state index contributed by atoms with van der Waals surface area (Å²) < 4.78 is 25.9. The predicted octanol–water partition coefficient (Wildman–Crippen LogP) is 1.54. The lowest BCUT2D eigenvalue weighted by Crippen LogP contribution is -2.33. The highest BCUT2D eigenvalue weighted by atomic mass is 32.2. The summed E-state index contributed by atoms with van der Waals surface area (Å²) in [6.07, 6.45) is 4.61. The molecule has 144 valence electrons. The summed E-state index contributed by atoms with van der Waals surface area (Å²) in [6, 6.07) is 8.45. The van der Waals surface area contributed by atoms with E-state index >= 15 is 0 Å². The largest absolute Gasteiger partial charge is 0.476 e. The fraction of sp³-hybridized carbons (Fsp3) is 0.389. The van der Waals surface area contributed by atoms with Gasteiger partial charge in [0.2, 0.25) is 5.91 Å². The average Bonchev–Trinajstić information content (AvgIpc) is 3.31. The van der Waals surface area contributed by atoms with E-state index in [-0.39, 0.29) is 12.2 Å². The van der Waals surface area contributed by atoms with Crippen LogP contribution in [0.25, 0.3) is 5.69 Å². The lowest BCUT2D eigenvalue weighted by molar-refractivity contribution is -0.118. The molecule has 1 aliphatic carbocycles. The van der Waals surface area contributed by atoms with Crippen molar-refractivity contribution in [3.63, 3.8) is 0 Å². The summed E-state index contributed by atoms with van der Waals surface area (Å²) in [5, 5.41) is 15.1. The highest BCUT2D eigenvalue weighted by Crippen LogP contribution is 2.25. The number of sulfone groups is 1. The SMILES string of the molecule is O=C(CS(=O)(=O)C1CCCC1)NCc1cccc(-n2ccc(C(=O)O)n2)c1. The van der Waals surface area contributed by atoms with E-state index in [2.05, 4.69) is 10.4 Å². The smallest absolute Gasteiger partial charge is 0.356 e. The van der Waals surface area contributed by atoms with E-state index in [9.17, 15) is 18.0 Å². The number of aromatic nitrogens is 2. The van der Waals surface area contributed by atoms with E-state index in [0.717, 1.165) is 18.4 Å². The molecule has 8 nitrogen and oxygen atoms in total. The van der Waals surface area contributed by atoms with Crippen molar-refractivity contribution in [2.45, 2.75) is 37.5 Å². The van der Waals surface area contributed by atoms with E-state index in [1.165, 1.54) is 16.9 Å². The van der Waals surface area contributed by atoms with Crippen molar-refractivity contribution in [1.29, 1.82) is 0 Å². The lowest BCUT2D eigenvalue weighted by Gasteiger charge is -2.11. The van der Waals surface area contributed by atoms with Gasteiger partial charge in [-0.15, -0.1) is 0 Å². The Morgan fingerprint density at radius 2 is 1.96 bits per heavy atom.